The third-order valence-corrected chi connectivity index (χ3v) is 3.12. The molecule has 2 heterocycles. The molecule has 0 amide bonds. The number of furan rings is 1. The summed E-state index contributed by atoms with van der Waals surface area (Å²) in [7, 11) is 0. The minimum Gasteiger partial charge on any atom is -0.461 e. The Bertz CT molecular complexity index is 525. The molecular weight excluding hydrogens is 294 g/mol. The lowest BCUT2D eigenvalue weighted by atomic mass is 10.3. The lowest BCUT2D eigenvalue weighted by molar-refractivity contribution is 0.578. The normalized spacial score (nSPS) is 10.6. The Morgan fingerprint density at radius 1 is 1.33 bits per heavy atom. The fraction of sp³-hybridized carbons (Fsp3) is 0.385. The second-order valence-corrected chi connectivity index (χ2v) is 4.79. The number of hydrogen-bond donors (Lipinski definition) is 1. The van der Waals surface area contributed by atoms with Gasteiger partial charge in [-0.25, -0.2) is 9.97 Å². The van der Waals surface area contributed by atoms with Crippen molar-refractivity contribution in [3.05, 3.63) is 28.7 Å². The highest BCUT2D eigenvalue weighted by atomic mass is 79.9. The van der Waals surface area contributed by atoms with Gasteiger partial charge < -0.3 is 9.73 Å². The monoisotopic (exact) mass is 309 g/mol. The van der Waals surface area contributed by atoms with E-state index in [1.165, 1.54) is 0 Å². The number of hydrogen-bond acceptors (Lipinski definition) is 4. The highest BCUT2D eigenvalue weighted by Crippen LogP contribution is 2.29. The SMILES string of the molecule is CCCNc1cc(-c2occc2Br)nc(CC)n1. The molecule has 2 aromatic rings. The van der Waals surface area contributed by atoms with E-state index < -0.39 is 0 Å². The topological polar surface area (TPSA) is 51.0 Å². The third kappa shape index (κ3) is 2.90. The molecule has 0 bridgehead atoms. The Morgan fingerprint density at radius 3 is 2.78 bits per heavy atom. The summed E-state index contributed by atoms with van der Waals surface area (Å²) in [5.41, 5.74) is 0.803. The molecule has 1 N–H and O–H groups in total. The predicted octanol–water partition coefficient (Wildman–Crippen LogP) is 3.88. The van der Waals surface area contributed by atoms with Crippen LogP contribution < -0.4 is 5.32 Å². The summed E-state index contributed by atoms with van der Waals surface area (Å²) in [6, 6.07) is 3.78. The quantitative estimate of drug-likeness (QED) is 0.910. The van der Waals surface area contributed by atoms with Gasteiger partial charge in [0.1, 0.15) is 17.3 Å². The number of nitrogens with one attached hydrogen (secondary N) is 1. The van der Waals surface area contributed by atoms with Crippen LogP contribution in [0.5, 0.6) is 0 Å². The van der Waals surface area contributed by atoms with Crippen LogP contribution in [0.15, 0.2) is 27.3 Å². The smallest absolute Gasteiger partial charge is 0.166 e. The largest absolute Gasteiger partial charge is 0.461 e. The molecule has 0 spiro atoms. The molecule has 0 saturated carbocycles. The van der Waals surface area contributed by atoms with Crippen LogP contribution >= 0.6 is 15.9 Å². The van der Waals surface area contributed by atoms with Gasteiger partial charge in [-0.1, -0.05) is 13.8 Å². The fourth-order valence-electron chi connectivity index (χ4n) is 1.59. The molecule has 0 fully saturated rings. The molecule has 0 aromatic carbocycles. The van der Waals surface area contributed by atoms with Gasteiger partial charge in [-0.2, -0.15) is 0 Å². The number of aromatic nitrogens is 2. The van der Waals surface area contributed by atoms with E-state index in [1.807, 2.05) is 19.1 Å². The van der Waals surface area contributed by atoms with Gasteiger partial charge in [0.15, 0.2) is 5.76 Å². The molecule has 0 unspecified atom stereocenters. The maximum absolute atomic E-state index is 5.44. The third-order valence-electron chi connectivity index (χ3n) is 2.49. The van der Waals surface area contributed by atoms with Crippen molar-refractivity contribution in [1.29, 1.82) is 0 Å². The molecule has 0 aliphatic heterocycles. The van der Waals surface area contributed by atoms with Crippen LogP contribution in [-0.4, -0.2) is 16.5 Å². The number of anilines is 1. The van der Waals surface area contributed by atoms with Gasteiger partial charge in [-0.15, -0.1) is 0 Å². The Labute approximate surface area is 115 Å². The Hall–Kier alpha value is -1.36. The molecule has 0 radical (unpaired) electrons. The van der Waals surface area contributed by atoms with Crippen LogP contribution in [0.2, 0.25) is 0 Å². The Balaban J connectivity index is 2.38. The summed E-state index contributed by atoms with van der Waals surface area (Å²) >= 11 is 3.45. The van der Waals surface area contributed by atoms with Crippen LogP contribution in [0.4, 0.5) is 5.82 Å². The summed E-state index contributed by atoms with van der Waals surface area (Å²) in [5.74, 6) is 2.41. The van der Waals surface area contributed by atoms with Gasteiger partial charge in [-0.05, 0) is 28.4 Å². The van der Waals surface area contributed by atoms with Gasteiger partial charge in [0, 0.05) is 19.0 Å². The first-order valence-corrected chi connectivity index (χ1v) is 6.89. The molecule has 0 aliphatic carbocycles. The first-order chi connectivity index (χ1) is 8.74. The van der Waals surface area contributed by atoms with Crippen molar-refractivity contribution < 1.29 is 4.42 Å². The van der Waals surface area contributed by atoms with Crippen LogP contribution in [0, 0.1) is 0 Å². The van der Waals surface area contributed by atoms with E-state index in [0.29, 0.717) is 0 Å². The summed E-state index contributed by atoms with van der Waals surface area (Å²) < 4.78 is 6.35. The maximum Gasteiger partial charge on any atom is 0.166 e. The van der Waals surface area contributed by atoms with Crippen molar-refractivity contribution in [2.75, 3.05) is 11.9 Å². The molecule has 0 saturated heterocycles. The second kappa shape index (κ2) is 6.00. The van der Waals surface area contributed by atoms with E-state index in [2.05, 4.69) is 38.1 Å². The molecule has 2 aromatic heterocycles. The van der Waals surface area contributed by atoms with Gasteiger partial charge in [0.2, 0.25) is 0 Å². The lowest BCUT2D eigenvalue weighted by Crippen LogP contribution is -2.05. The van der Waals surface area contributed by atoms with E-state index in [4.69, 9.17) is 4.42 Å². The van der Waals surface area contributed by atoms with Crippen LogP contribution in [-0.2, 0) is 6.42 Å². The summed E-state index contributed by atoms with van der Waals surface area (Å²) in [5, 5.41) is 3.28. The zero-order valence-corrected chi connectivity index (χ0v) is 12.1. The minimum absolute atomic E-state index is 0.742. The molecule has 0 atom stereocenters. The number of nitrogens with zero attached hydrogens (tertiary/aromatic N) is 2. The molecule has 96 valence electrons. The Morgan fingerprint density at radius 2 is 2.17 bits per heavy atom. The highest BCUT2D eigenvalue weighted by molar-refractivity contribution is 9.10. The molecule has 4 nitrogen and oxygen atoms in total. The minimum atomic E-state index is 0.742. The summed E-state index contributed by atoms with van der Waals surface area (Å²) in [6.07, 6.45) is 3.50. The Kier molecular flexibility index (Phi) is 4.36. The van der Waals surface area contributed by atoms with E-state index in [1.54, 1.807) is 6.26 Å². The number of halogens is 1. The van der Waals surface area contributed by atoms with E-state index in [9.17, 15) is 0 Å². The highest BCUT2D eigenvalue weighted by Gasteiger charge is 2.11. The first kappa shape index (κ1) is 13.1. The van der Waals surface area contributed by atoms with E-state index >= 15 is 0 Å². The van der Waals surface area contributed by atoms with Crippen molar-refractivity contribution in [3.63, 3.8) is 0 Å². The average Bonchev–Trinajstić information content (AvgIpc) is 2.82. The van der Waals surface area contributed by atoms with Gasteiger partial charge in [-0.3, -0.25) is 0 Å². The van der Waals surface area contributed by atoms with Gasteiger partial charge in [0.05, 0.1) is 10.7 Å². The van der Waals surface area contributed by atoms with Crippen LogP contribution in [0.25, 0.3) is 11.5 Å². The molecular formula is C13H16BrN3O. The summed E-state index contributed by atoms with van der Waals surface area (Å²) in [6.45, 7) is 5.07. The molecule has 18 heavy (non-hydrogen) atoms. The van der Waals surface area contributed by atoms with Crippen molar-refractivity contribution in [2.45, 2.75) is 26.7 Å². The number of rotatable bonds is 5. The predicted molar refractivity (Wildman–Crippen MR) is 75.6 cm³/mol. The zero-order valence-electron chi connectivity index (χ0n) is 10.5. The number of aryl methyl sites for hydroxylation is 1. The molecule has 2 rings (SSSR count). The van der Waals surface area contributed by atoms with Gasteiger partial charge in [0.25, 0.3) is 0 Å². The van der Waals surface area contributed by atoms with E-state index in [-0.39, 0.29) is 0 Å². The van der Waals surface area contributed by atoms with E-state index in [0.717, 1.165) is 47.0 Å². The van der Waals surface area contributed by atoms with Gasteiger partial charge >= 0.3 is 0 Å². The van der Waals surface area contributed by atoms with Crippen molar-refractivity contribution >= 4 is 21.7 Å². The first-order valence-electron chi connectivity index (χ1n) is 6.09. The van der Waals surface area contributed by atoms with Crippen molar-refractivity contribution in [3.8, 4) is 11.5 Å². The molecule has 0 aliphatic rings. The molecule has 5 heteroatoms. The second-order valence-electron chi connectivity index (χ2n) is 3.93. The van der Waals surface area contributed by atoms with Crippen molar-refractivity contribution in [2.24, 2.45) is 0 Å². The maximum atomic E-state index is 5.44. The standard InChI is InChI=1S/C13H16BrN3O/c1-3-6-15-12-8-10(16-11(4-2)17-12)13-9(14)5-7-18-13/h5,7-8H,3-4,6H2,1-2H3,(H,15,16,17). The summed E-state index contributed by atoms with van der Waals surface area (Å²) in [4.78, 5) is 8.94. The van der Waals surface area contributed by atoms with Crippen LogP contribution in [0.1, 0.15) is 26.1 Å². The average molecular weight is 310 g/mol. The fourth-order valence-corrected chi connectivity index (χ4v) is 2.00. The van der Waals surface area contributed by atoms with Crippen molar-refractivity contribution in [1.82, 2.24) is 9.97 Å². The lowest BCUT2D eigenvalue weighted by Gasteiger charge is -2.07. The van der Waals surface area contributed by atoms with Crippen LogP contribution in [0.3, 0.4) is 0 Å². The zero-order chi connectivity index (χ0) is 13.0.